The van der Waals surface area contributed by atoms with Crippen LogP contribution >= 0.6 is 0 Å². The van der Waals surface area contributed by atoms with E-state index < -0.39 is 4.92 Å². The Labute approximate surface area is 159 Å². The maximum absolute atomic E-state index is 12.4. The Balaban J connectivity index is 1.49. The van der Waals surface area contributed by atoms with E-state index >= 15 is 0 Å². The number of rotatable bonds is 6. The molecule has 1 aliphatic heterocycles. The molecule has 27 heavy (non-hydrogen) atoms. The summed E-state index contributed by atoms with van der Waals surface area (Å²) in [6.45, 7) is 3.78. The summed E-state index contributed by atoms with van der Waals surface area (Å²) < 4.78 is 0. The first-order chi connectivity index (χ1) is 13.0. The summed E-state index contributed by atoms with van der Waals surface area (Å²) in [6, 6.07) is 15.3. The van der Waals surface area contributed by atoms with Crippen LogP contribution in [-0.4, -0.2) is 35.4 Å². The van der Waals surface area contributed by atoms with Gasteiger partial charge in [0.2, 0.25) is 5.91 Å². The highest BCUT2D eigenvalue weighted by Crippen LogP contribution is 2.25. The van der Waals surface area contributed by atoms with Crippen molar-refractivity contribution in [2.75, 3.05) is 25.0 Å². The molecule has 0 atom stereocenters. The Hall–Kier alpha value is -2.73. The standard InChI is InChI=1S/C21H25N3O3/c1-16-19(8-5-9-20(16)24(26)27)22-21(25)15-23-12-10-18(11-13-23)14-17-6-3-2-4-7-17/h2-9,18H,10-15H2,1H3,(H,22,25). The smallest absolute Gasteiger partial charge is 0.274 e. The lowest BCUT2D eigenvalue weighted by atomic mass is 9.90. The molecular weight excluding hydrogens is 342 g/mol. The molecule has 2 aromatic carbocycles. The molecule has 0 aliphatic carbocycles. The minimum absolute atomic E-state index is 0.0227. The first-order valence-corrected chi connectivity index (χ1v) is 9.33. The second-order valence-electron chi connectivity index (χ2n) is 7.16. The third-order valence-corrected chi connectivity index (χ3v) is 5.22. The lowest BCUT2D eigenvalue weighted by Crippen LogP contribution is -2.39. The second-order valence-corrected chi connectivity index (χ2v) is 7.16. The van der Waals surface area contributed by atoms with E-state index in [4.69, 9.17) is 0 Å². The number of piperidine rings is 1. The van der Waals surface area contributed by atoms with Crippen LogP contribution < -0.4 is 5.32 Å². The highest BCUT2D eigenvalue weighted by Gasteiger charge is 2.22. The van der Waals surface area contributed by atoms with Crippen molar-refractivity contribution in [1.29, 1.82) is 0 Å². The molecule has 2 aromatic rings. The maximum atomic E-state index is 12.4. The van der Waals surface area contributed by atoms with Gasteiger partial charge in [0, 0.05) is 6.07 Å². The highest BCUT2D eigenvalue weighted by atomic mass is 16.6. The summed E-state index contributed by atoms with van der Waals surface area (Å²) in [5.41, 5.74) is 2.38. The maximum Gasteiger partial charge on any atom is 0.274 e. The van der Waals surface area contributed by atoms with Crippen LogP contribution in [0.4, 0.5) is 11.4 Å². The van der Waals surface area contributed by atoms with Gasteiger partial charge in [0.05, 0.1) is 22.7 Å². The van der Waals surface area contributed by atoms with E-state index in [-0.39, 0.29) is 11.6 Å². The van der Waals surface area contributed by atoms with Gasteiger partial charge in [0.25, 0.3) is 5.69 Å². The molecule has 1 fully saturated rings. The molecule has 6 nitrogen and oxygen atoms in total. The van der Waals surface area contributed by atoms with Crippen molar-refractivity contribution in [2.24, 2.45) is 5.92 Å². The van der Waals surface area contributed by atoms with Crippen molar-refractivity contribution in [1.82, 2.24) is 4.90 Å². The molecule has 1 N–H and O–H groups in total. The number of amides is 1. The molecule has 3 rings (SSSR count). The summed E-state index contributed by atoms with van der Waals surface area (Å²) in [6.07, 6.45) is 3.25. The zero-order valence-corrected chi connectivity index (χ0v) is 15.6. The van der Waals surface area contributed by atoms with E-state index in [2.05, 4.69) is 34.5 Å². The molecule has 0 radical (unpaired) electrons. The normalized spacial score (nSPS) is 15.4. The average Bonchev–Trinajstić information content (AvgIpc) is 2.65. The summed E-state index contributed by atoms with van der Waals surface area (Å²) in [5, 5.41) is 13.8. The SMILES string of the molecule is Cc1c(NC(=O)CN2CCC(Cc3ccccc3)CC2)cccc1[N+](=O)[O-]. The molecule has 0 saturated carbocycles. The number of nitro groups is 1. The minimum Gasteiger partial charge on any atom is -0.324 e. The van der Waals surface area contributed by atoms with Gasteiger partial charge in [-0.05, 0) is 56.8 Å². The van der Waals surface area contributed by atoms with E-state index in [1.165, 1.54) is 11.6 Å². The molecule has 0 bridgehead atoms. The van der Waals surface area contributed by atoms with E-state index in [0.717, 1.165) is 32.4 Å². The number of hydrogen-bond acceptors (Lipinski definition) is 4. The molecule has 1 saturated heterocycles. The van der Waals surface area contributed by atoms with Gasteiger partial charge < -0.3 is 5.32 Å². The van der Waals surface area contributed by atoms with Crippen LogP contribution in [0.15, 0.2) is 48.5 Å². The Bertz CT molecular complexity index is 800. The number of hydrogen-bond donors (Lipinski definition) is 1. The van der Waals surface area contributed by atoms with Crippen LogP contribution in [0.2, 0.25) is 0 Å². The van der Waals surface area contributed by atoms with E-state index in [1.54, 1.807) is 19.1 Å². The van der Waals surface area contributed by atoms with Crippen molar-refractivity contribution < 1.29 is 9.72 Å². The van der Waals surface area contributed by atoms with Gasteiger partial charge in [-0.15, -0.1) is 0 Å². The van der Waals surface area contributed by atoms with Crippen LogP contribution in [0, 0.1) is 23.0 Å². The van der Waals surface area contributed by atoms with Gasteiger partial charge in [-0.2, -0.15) is 0 Å². The fourth-order valence-corrected chi connectivity index (χ4v) is 3.65. The lowest BCUT2D eigenvalue weighted by molar-refractivity contribution is -0.385. The van der Waals surface area contributed by atoms with Gasteiger partial charge in [0.15, 0.2) is 0 Å². The first kappa shape index (κ1) is 19.0. The third kappa shape index (κ3) is 5.14. The van der Waals surface area contributed by atoms with Gasteiger partial charge in [0.1, 0.15) is 0 Å². The van der Waals surface area contributed by atoms with Crippen molar-refractivity contribution in [3.8, 4) is 0 Å². The van der Waals surface area contributed by atoms with Gasteiger partial charge in [-0.3, -0.25) is 19.8 Å². The summed E-state index contributed by atoms with van der Waals surface area (Å²) in [7, 11) is 0. The quantitative estimate of drug-likeness (QED) is 0.622. The topological polar surface area (TPSA) is 75.5 Å². The molecular formula is C21H25N3O3. The molecule has 1 aliphatic rings. The number of likely N-dealkylation sites (tertiary alicyclic amines) is 1. The first-order valence-electron chi connectivity index (χ1n) is 9.33. The summed E-state index contributed by atoms with van der Waals surface area (Å²) in [5.74, 6) is 0.533. The number of nitro benzene ring substituents is 1. The zero-order valence-electron chi connectivity index (χ0n) is 15.6. The van der Waals surface area contributed by atoms with Gasteiger partial charge in [-0.1, -0.05) is 36.4 Å². The second kappa shape index (κ2) is 8.77. The molecule has 6 heteroatoms. The van der Waals surface area contributed by atoms with Crippen LogP contribution in [0.3, 0.4) is 0 Å². The van der Waals surface area contributed by atoms with Gasteiger partial charge >= 0.3 is 0 Å². The van der Waals surface area contributed by atoms with E-state index in [9.17, 15) is 14.9 Å². The number of anilines is 1. The molecule has 142 valence electrons. The van der Waals surface area contributed by atoms with E-state index in [0.29, 0.717) is 23.7 Å². The predicted octanol–water partition coefficient (Wildman–Crippen LogP) is 3.80. The van der Waals surface area contributed by atoms with Gasteiger partial charge in [-0.25, -0.2) is 0 Å². The van der Waals surface area contributed by atoms with Crippen LogP contribution in [0.1, 0.15) is 24.0 Å². The number of nitrogens with one attached hydrogen (secondary N) is 1. The van der Waals surface area contributed by atoms with Crippen molar-refractivity contribution >= 4 is 17.3 Å². The Kier molecular flexibility index (Phi) is 6.19. The zero-order chi connectivity index (χ0) is 19.2. The van der Waals surface area contributed by atoms with Crippen molar-refractivity contribution in [3.05, 3.63) is 69.8 Å². The molecule has 1 amide bonds. The highest BCUT2D eigenvalue weighted by molar-refractivity contribution is 5.93. The number of carbonyl (C=O) groups is 1. The fourth-order valence-electron chi connectivity index (χ4n) is 3.65. The number of carbonyl (C=O) groups excluding carboxylic acids is 1. The fraction of sp³-hybridized carbons (Fsp3) is 0.381. The molecule has 0 spiro atoms. The largest absolute Gasteiger partial charge is 0.324 e. The third-order valence-electron chi connectivity index (χ3n) is 5.22. The Morgan fingerprint density at radius 1 is 1.15 bits per heavy atom. The molecule has 1 heterocycles. The molecule has 0 aromatic heterocycles. The lowest BCUT2D eigenvalue weighted by Gasteiger charge is -2.31. The van der Waals surface area contributed by atoms with Crippen LogP contribution in [0.5, 0.6) is 0 Å². The number of nitrogens with zero attached hydrogens (tertiary/aromatic N) is 2. The van der Waals surface area contributed by atoms with Crippen molar-refractivity contribution in [2.45, 2.75) is 26.2 Å². The average molecular weight is 367 g/mol. The summed E-state index contributed by atoms with van der Waals surface area (Å²) in [4.78, 5) is 25.1. The minimum atomic E-state index is -0.428. The van der Waals surface area contributed by atoms with Crippen LogP contribution in [0.25, 0.3) is 0 Å². The Morgan fingerprint density at radius 2 is 1.85 bits per heavy atom. The molecule has 0 unspecified atom stereocenters. The summed E-state index contributed by atoms with van der Waals surface area (Å²) >= 11 is 0. The Morgan fingerprint density at radius 3 is 2.52 bits per heavy atom. The predicted molar refractivity (Wildman–Crippen MR) is 106 cm³/mol. The number of benzene rings is 2. The van der Waals surface area contributed by atoms with Crippen LogP contribution in [-0.2, 0) is 11.2 Å². The van der Waals surface area contributed by atoms with Crippen molar-refractivity contribution in [3.63, 3.8) is 0 Å². The monoisotopic (exact) mass is 367 g/mol. The van der Waals surface area contributed by atoms with E-state index in [1.807, 2.05) is 6.07 Å².